The molecular weight excluding hydrogens is 434 g/mol. The minimum atomic E-state index is -0.101. The van der Waals surface area contributed by atoms with E-state index in [1.54, 1.807) is 0 Å². The van der Waals surface area contributed by atoms with Gasteiger partial charge in [0.05, 0.1) is 17.8 Å². The summed E-state index contributed by atoms with van der Waals surface area (Å²) in [5.74, 6) is 1.13. The fourth-order valence-electron chi connectivity index (χ4n) is 3.72. The third kappa shape index (κ3) is 15.2. The summed E-state index contributed by atoms with van der Waals surface area (Å²) in [5.41, 5.74) is 1.01. The van der Waals surface area contributed by atoms with Crippen LogP contribution in [0.5, 0.6) is 0 Å². The molecule has 0 amide bonds. The third-order valence-corrected chi connectivity index (χ3v) is 5.49. The summed E-state index contributed by atoms with van der Waals surface area (Å²) in [7, 11) is 0. The van der Waals surface area contributed by atoms with Crippen molar-refractivity contribution in [1.29, 1.82) is 0 Å². The fraction of sp³-hybridized carbons (Fsp3) is 0.800. The van der Waals surface area contributed by atoms with Gasteiger partial charge in [-0.15, -0.1) is 0 Å². The van der Waals surface area contributed by atoms with Gasteiger partial charge in [-0.3, -0.25) is 14.5 Å². The Hall–Kier alpha value is -1.62. The predicted molar refractivity (Wildman–Crippen MR) is 158 cm³/mol. The topological polar surface area (TPSA) is 61.4 Å². The molecule has 0 radical (unpaired) electrons. The van der Waals surface area contributed by atoms with Crippen LogP contribution in [0, 0.1) is 23.2 Å². The lowest BCUT2D eigenvalue weighted by Crippen LogP contribution is -2.50. The fourth-order valence-corrected chi connectivity index (χ4v) is 3.72. The number of nitrogens with one attached hydrogen (secondary N) is 2. The van der Waals surface area contributed by atoms with Crippen molar-refractivity contribution >= 4 is 11.6 Å². The summed E-state index contributed by atoms with van der Waals surface area (Å²) in [5, 5.41) is 6.42. The highest BCUT2D eigenvalue weighted by Gasteiger charge is 2.35. The lowest BCUT2D eigenvalue weighted by atomic mass is 9.80. The lowest BCUT2D eigenvalue weighted by molar-refractivity contribution is -0.131. The van der Waals surface area contributed by atoms with Crippen molar-refractivity contribution in [3.8, 4) is 0 Å². The molecule has 0 unspecified atom stereocenters. The number of rotatable bonds is 10. The van der Waals surface area contributed by atoms with Gasteiger partial charge in [-0.2, -0.15) is 0 Å². The van der Waals surface area contributed by atoms with Gasteiger partial charge in [0.2, 0.25) is 0 Å². The van der Waals surface area contributed by atoms with Gasteiger partial charge in [0.15, 0.2) is 11.6 Å². The van der Waals surface area contributed by atoms with E-state index >= 15 is 0 Å². The number of ketones is 2. The van der Waals surface area contributed by atoms with Crippen LogP contribution < -0.4 is 10.6 Å². The van der Waals surface area contributed by atoms with E-state index in [2.05, 4.69) is 64.0 Å². The van der Waals surface area contributed by atoms with Gasteiger partial charge in [-0.25, -0.2) is 0 Å². The predicted octanol–water partition coefficient (Wildman–Crippen LogP) is 7.09. The molecule has 5 heteroatoms. The van der Waals surface area contributed by atoms with Crippen molar-refractivity contribution in [1.82, 2.24) is 15.5 Å². The summed E-state index contributed by atoms with van der Waals surface area (Å²) in [4.78, 5) is 26.5. The second-order valence-corrected chi connectivity index (χ2v) is 10.4. The highest BCUT2D eigenvalue weighted by Crippen LogP contribution is 2.27. The van der Waals surface area contributed by atoms with Gasteiger partial charge in [-0.1, -0.05) is 110 Å². The van der Waals surface area contributed by atoms with Crippen LogP contribution in [0.3, 0.4) is 0 Å². The second-order valence-electron chi connectivity index (χ2n) is 10.4. The quantitative estimate of drug-likeness (QED) is 0.337. The molecule has 2 N–H and O–H groups in total. The van der Waals surface area contributed by atoms with Crippen molar-refractivity contribution in [3.63, 3.8) is 0 Å². The first-order valence-corrected chi connectivity index (χ1v) is 14.0. The molecule has 0 spiro atoms. The third-order valence-electron chi connectivity index (χ3n) is 5.49. The van der Waals surface area contributed by atoms with E-state index in [-0.39, 0.29) is 36.5 Å². The van der Waals surface area contributed by atoms with Crippen LogP contribution in [0.4, 0.5) is 0 Å². The Kier molecular flexibility index (Phi) is 22.3. The summed E-state index contributed by atoms with van der Waals surface area (Å²) >= 11 is 0. The molecule has 210 valence electrons. The molecule has 0 fully saturated rings. The van der Waals surface area contributed by atoms with Crippen molar-refractivity contribution in [3.05, 3.63) is 24.0 Å². The van der Waals surface area contributed by atoms with Crippen LogP contribution in [0.2, 0.25) is 0 Å². The molecule has 5 nitrogen and oxygen atoms in total. The van der Waals surface area contributed by atoms with Crippen LogP contribution in [-0.2, 0) is 9.59 Å². The van der Waals surface area contributed by atoms with Crippen LogP contribution >= 0.6 is 0 Å². The Morgan fingerprint density at radius 1 is 0.943 bits per heavy atom. The van der Waals surface area contributed by atoms with Gasteiger partial charge in [0.25, 0.3) is 0 Å². The number of Topliss-reactive ketones (excluding diaryl/α,β-unsaturated/α-hetero) is 2. The van der Waals surface area contributed by atoms with Crippen molar-refractivity contribution in [2.45, 2.75) is 116 Å². The Balaban J connectivity index is -0.000000244. The van der Waals surface area contributed by atoms with Crippen molar-refractivity contribution in [2.24, 2.45) is 23.2 Å². The zero-order valence-electron chi connectivity index (χ0n) is 26.0. The zero-order valence-corrected chi connectivity index (χ0v) is 26.0. The number of hydrogen-bond acceptors (Lipinski definition) is 5. The standard InChI is InChI=1S/C13H22N2O.C13H27NO.2C2H6.H2/c1-9(2)12(13(16)10(3)4)15-11-6-5-7-14-8-11;1-8-14(9-2)12(13(5,6)7)11(15)10(3)4;2*1-2;/h5-6,8-10,12,14-15H,7H2,1-4H3;10,12H,8-9H2,1-7H3;2*1-2H3;1H/t2*12-;;;/m00.../s1. The number of carbonyl (C=O) groups excluding carboxylic acids is 2. The highest BCUT2D eigenvalue weighted by molar-refractivity contribution is 5.86. The van der Waals surface area contributed by atoms with E-state index < -0.39 is 0 Å². The average molecular weight is 498 g/mol. The van der Waals surface area contributed by atoms with E-state index in [1.807, 2.05) is 73.7 Å². The SMILES string of the molecule is CC.CC.CC(C)C(=O)[C@@H](NC1=CNCC=C1)C(C)C.CCN(CC)[C@@H](C(=O)C(C)C)C(C)(C)C.[HH]. The first-order valence-electron chi connectivity index (χ1n) is 14.0. The van der Waals surface area contributed by atoms with Gasteiger partial charge >= 0.3 is 0 Å². The van der Waals surface area contributed by atoms with E-state index in [4.69, 9.17) is 0 Å². The Bertz CT molecular complexity index is 616. The molecule has 2 atom stereocenters. The maximum atomic E-state index is 12.2. The van der Waals surface area contributed by atoms with Gasteiger partial charge < -0.3 is 10.6 Å². The first-order chi connectivity index (χ1) is 16.3. The number of likely N-dealkylation sites (N-methyl/N-ethyl adjacent to an activating group) is 1. The van der Waals surface area contributed by atoms with Crippen LogP contribution in [0.25, 0.3) is 0 Å². The molecular formula is C30H63N3O2. The molecule has 0 aliphatic carbocycles. The highest BCUT2D eigenvalue weighted by atomic mass is 16.1. The minimum Gasteiger partial charge on any atom is -0.386 e. The van der Waals surface area contributed by atoms with Gasteiger partial charge in [0, 0.05) is 26.0 Å². The maximum Gasteiger partial charge on any atom is 0.157 e. The average Bonchev–Trinajstić information content (AvgIpc) is 2.82. The molecule has 0 bridgehead atoms. The molecule has 1 heterocycles. The van der Waals surface area contributed by atoms with E-state index in [0.29, 0.717) is 11.7 Å². The largest absolute Gasteiger partial charge is 0.386 e. The monoisotopic (exact) mass is 497 g/mol. The Labute approximate surface area is 221 Å². The van der Waals surface area contributed by atoms with E-state index in [0.717, 1.165) is 25.3 Å². The molecule has 0 saturated carbocycles. The first kappa shape index (κ1) is 37.9. The van der Waals surface area contributed by atoms with Crippen LogP contribution in [-0.4, -0.2) is 48.2 Å². The number of dihydropyridines is 1. The van der Waals surface area contributed by atoms with Crippen molar-refractivity contribution < 1.29 is 11.0 Å². The molecule has 0 aromatic rings. The molecule has 0 aromatic heterocycles. The number of carbonyl (C=O) groups is 2. The number of hydrogen-bond donors (Lipinski definition) is 2. The maximum absolute atomic E-state index is 12.2. The summed E-state index contributed by atoms with van der Waals surface area (Å²) in [6.45, 7) is 33.4. The van der Waals surface area contributed by atoms with Gasteiger partial charge in [0.1, 0.15) is 0 Å². The van der Waals surface area contributed by atoms with Crippen LogP contribution in [0.15, 0.2) is 24.0 Å². The zero-order chi connectivity index (χ0) is 28.4. The summed E-state index contributed by atoms with van der Waals surface area (Å²) in [6, 6.07) is -0.0525. The normalized spacial score (nSPS) is 14.4. The second kappa shape index (κ2) is 20.6. The summed E-state index contributed by atoms with van der Waals surface area (Å²) < 4.78 is 0. The molecule has 1 rings (SSSR count). The minimum absolute atomic E-state index is 0. The number of allylic oxidation sites excluding steroid dienone is 1. The van der Waals surface area contributed by atoms with Gasteiger partial charge in [-0.05, 0) is 30.5 Å². The van der Waals surface area contributed by atoms with Crippen molar-refractivity contribution in [2.75, 3.05) is 19.6 Å². The molecule has 0 saturated heterocycles. The van der Waals surface area contributed by atoms with Crippen LogP contribution in [0.1, 0.15) is 105 Å². The smallest absolute Gasteiger partial charge is 0.157 e. The molecule has 1 aliphatic heterocycles. The number of nitrogens with zero attached hydrogens (tertiary/aromatic N) is 1. The lowest BCUT2D eigenvalue weighted by Gasteiger charge is -2.39. The molecule has 1 aliphatic rings. The summed E-state index contributed by atoms with van der Waals surface area (Å²) in [6.07, 6.45) is 5.97. The molecule has 0 aromatic carbocycles. The molecule has 35 heavy (non-hydrogen) atoms. The Morgan fingerprint density at radius 2 is 1.40 bits per heavy atom. The van der Waals surface area contributed by atoms with E-state index in [1.165, 1.54) is 0 Å². The Morgan fingerprint density at radius 3 is 1.69 bits per heavy atom. The van der Waals surface area contributed by atoms with E-state index in [9.17, 15) is 9.59 Å².